The molecule has 0 spiro atoms. The fourth-order valence-corrected chi connectivity index (χ4v) is 6.38. The van der Waals surface area contributed by atoms with E-state index < -0.39 is 9.84 Å². The van der Waals surface area contributed by atoms with Crippen LogP contribution in [0.2, 0.25) is 0 Å². The van der Waals surface area contributed by atoms with Gasteiger partial charge in [-0.15, -0.1) is 0 Å². The Balaban J connectivity index is 1.57. The van der Waals surface area contributed by atoms with Gasteiger partial charge in [0, 0.05) is 44.2 Å². The van der Waals surface area contributed by atoms with Gasteiger partial charge in [0.25, 0.3) is 0 Å². The van der Waals surface area contributed by atoms with Crippen molar-refractivity contribution in [2.75, 3.05) is 44.9 Å². The van der Waals surface area contributed by atoms with Gasteiger partial charge in [0.05, 0.1) is 24.7 Å². The van der Waals surface area contributed by atoms with E-state index in [1.165, 1.54) is 0 Å². The van der Waals surface area contributed by atoms with Crippen LogP contribution in [-0.4, -0.2) is 75.2 Å². The molecule has 0 amide bonds. The second kappa shape index (κ2) is 6.96. The summed E-state index contributed by atoms with van der Waals surface area (Å²) in [6.45, 7) is 5.86. The van der Waals surface area contributed by atoms with Crippen LogP contribution in [-0.2, 0) is 21.1 Å². The van der Waals surface area contributed by atoms with Gasteiger partial charge in [0.1, 0.15) is 11.3 Å². The summed E-state index contributed by atoms with van der Waals surface area (Å²) in [5, 5.41) is 1.14. The van der Waals surface area contributed by atoms with Crippen LogP contribution >= 0.6 is 0 Å². The molecule has 6 nitrogen and oxygen atoms in total. The lowest BCUT2D eigenvalue weighted by molar-refractivity contribution is 0.0223. The van der Waals surface area contributed by atoms with Crippen molar-refractivity contribution in [2.24, 2.45) is 0 Å². The minimum absolute atomic E-state index is 0.0261. The van der Waals surface area contributed by atoms with Crippen LogP contribution in [0, 0.1) is 6.92 Å². The summed E-state index contributed by atoms with van der Waals surface area (Å²) in [4.78, 5) is 4.57. The van der Waals surface area contributed by atoms with Crippen LogP contribution in [0.3, 0.4) is 0 Å². The molecule has 26 heavy (non-hydrogen) atoms. The Hall–Kier alpha value is -1.41. The molecule has 0 radical (unpaired) electrons. The number of sulfone groups is 1. The van der Waals surface area contributed by atoms with Crippen molar-refractivity contribution in [1.29, 1.82) is 0 Å². The quantitative estimate of drug-likeness (QED) is 0.789. The fourth-order valence-electron chi connectivity index (χ4n) is 4.34. The summed E-state index contributed by atoms with van der Waals surface area (Å²) in [5.74, 6) is 1.43. The molecule has 1 aromatic heterocycles. The van der Waals surface area contributed by atoms with Gasteiger partial charge in [0.2, 0.25) is 0 Å². The maximum absolute atomic E-state index is 12.3. The molecule has 1 aromatic carbocycles. The number of fused-ring (bicyclic) bond motifs is 2. The summed E-state index contributed by atoms with van der Waals surface area (Å²) >= 11 is 0. The minimum Gasteiger partial charge on any atom is -0.459 e. The highest BCUT2D eigenvalue weighted by Crippen LogP contribution is 2.31. The van der Waals surface area contributed by atoms with E-state index in [1.54, 1.807) is 7.11 Å². The van der Waals surface area contributed by atoms with Crippen molar-refractivity contribution < 1.29 is 17.6 Å². The Morgan fingerprint density at radius 2 is 1.85 bits per heavy atom. The molecular formula is C19H26N2O4S. The van der Waals surface area contributed by atoms with Gasteiger partial charge in [-0.2, -0.15) is 0 Å². The van der Waals surface area contributed by atoms with E-state index in [0.717, 1.165) is 41.9 Å². The number of aryl methyl sites for hydroxylation is 1. The third-order valence-electron chi connectivity index (χ3n) is 5.78. The van der Waals surface area contributed by atoms with Gasteiger partial charge in [-0.1, -0.05) is 18.2 Å². The SMILES string of the molecule is COCCN1CCN(Cc2oc3ccccc3c2C)[C@H]2CS(=O)(=O)C[C@H]21. The first-order valence-corrected chi connectivity index (χ1v) is 10.9. The molecule has 0 aliphatic carbocycles. The zero-order valence-corrected chi connectivity index (χ0v) is 16.2. The number of piperazine rings is 1. The number of hydrogen-bond donors (Lipinski definition) is 0. The molecule has 3 heterocycles. The second-order valence-electron chi connectivity index (χ2n) is 7.36. The first-order chi connectivity index (χ1) is 12.5. The second-order valence-corrected chi connectivity index (χ2v) is 9.51. The molecule has 142 valence electrons. The number of furan rings is 1. The van der Waals surface area contributed by atoms with Crippen LogP contribution in [0.5, 0.6) is 0 Å². The van der Waals surface area contributed by atoms with E-state index in [4.69, 9.17) is 9.15 Å². The number of para-hydroxylation sites is 1. The average Bonchev–Trinajstić information content (AvgIpc) is 3.11. The first kappa shape index (κ1) is 18.0. The van der Waals surface area contributed by atoms with Gasteiger partial charge in [-0.3, -0.25) is 9.80 Å². The fraction of sp³-hybridized carbons (Fsp3) is 0.579. The number of rotatable bonds is 5. The van der Waals surface area contributed by atoms with Crippen LogP contribution < -0.4 is 0 Å². The highest BCUT2D eigenvalue weighted by Gasteiger charge is 2.46. The highest BCUT2D eigenvalue weighted by molar-refractivity contribution is 7.91. The predicted octanol–water partition coefficient (Wildman–Crippen LogP) is 1.67. The van der Waals surface area contributed by atoms with Crippen molar-refractivity contribution in [2.45, 2.75) is 25.6 Å². The zero-order valence-electron chi connectivity index (χ0n) is 15.3. The Morgan fingerprint density at radius 3 is 2.58 bits per heavy atom. The van der Waals surface area contributed by atoms with Crippen LogP contribution in [0.15, 0.2) is 28.7 Å². The van der Waals surface area contributed by atoms with Crippen molar-refractivity contribution in [3.8, 4) is 0 Å². The lowest BCUT2D eigenvalue weighted by atomic mass is 10.0. The van der Waals surface area contributed by atoms with Crippen molar-refractivity contribution in [3.05, 3.63) is 35.6 Å². The van der Waals surface area contributed by atoms with E-state index in [9.17, 15) is 8.42 Å². The Labute approximate surface area is 154 Å². The van der Waals surface area contributed by atoms with Gasteiger partial charge in [0.15, 0.2) is 9.84 Å². The molecule has 0 bridgehead atoms. The molecular weight excluding hydrogens is 352 g/mol. The lowest BCUT2D eigenvalue weighted by Crippen LogP contribution is -2.59. The predicted molar refractivity (Wildman–Crippen MR) is 101 cm³/mol. The van der Waals surface area contributed by atoms with E-state index in [1.807, 2.05) is 18.2 Å². The smallest absolute Gasteiger partial charge is 0.153 e. The Bertz CT molecular complexity index is 892. The molecule has 2 aliphatic heterocycles. The summed E-state index contributed by atoms with van der Waals surface area (Å²) in [5.41, 5.74) is 2.05. The molecule has 2 aromatic rings. The van der Waals surface area contributed by atoms with E-state index in [2.05, 4.69) is 22.8 Å². The van der Waals surface area contributed by atoms with Crippen LogP contribution in [0.25, 0.3) is 11.0 Å². The monoisotopic (exact) mass is 378 g/mol. The maximum atomic E-state index is 12.3. The summed E-state index contributed by atoms with van der Waals surface area (Å²) in [6, 6.07) is 8.12. The largest absolute Gasteiger partial charge is 0.459 e. The average molecular weight is 378 g/mol. The van der Waals surface area contributed by atoms with Gasteiger partial charge >= 0.3 is 0 Å². The van der Waals surface area contributed by atoms with Crippen LogP contribution in [0.1, 0.15) is 11.3 Å². The van der Waals surface area contributed by atoms with E-state index in [0.29, 0.717) is 13.2 Å². The topological polar surface area (TPSA) is 63.0 Å². The molecule has 2 aliphatic rings. The Kier molecular flexibility index (Phi) is 4.81. The van der Waals surface area contributed by atoms with Gasteiger partial charge in [-0.05, 0) is 18.6 Å². The number of nitrogens with zero attached hydrogens (tertiary/aromatic N) is 2. The molecule has 2 fully saturated rings. The molecule has 4 rings (SSSR count). The highest BCUT2D eigenvalue weighted by atomic mass is 32.2. The number of methoxy groups -OCH3 is 1. The standard InChI is InChI=1S/C19H26N2O4S/c1-14-15-5-3-4-6-18(15)25-19(14)11-21-8-7-20(9-10-24-2)16-12-26(22,23)13-17(16)21/h3-6,16-17H,7-13H2,1-2H3/t16-,17+/m1/s1. The number of benzene rings is 1. The third kappa shape index (κ3) is 3.29. The molecule has 2 saturated heterocycles. The summed E-state index contributed by atoms with van der Waals surface area (Å²) in [7, 11) is -1.32. The van der Waals surface area contributed by atoms with Crippen molar-refractivity contribution in [3.63, 3.8) is 0 Å². The molecule has 0 N–H and O–H groups in total. The summed E-state index contributed by atoms with van der Waals surface area (Å²) < 4.78 is 35.9. The molecule has 0 saturated carbocycles. The Morgan fingerprint density at radius 1 is 1.15 bits per heavy atom. The number of hydrogen-bond acceptors (Lipinski definition) is 6. The summed E-state index contributed by atoms with van der Waals surface area (Å²) in [6.07, 6.45) is 0. The van der Waals surface area contributed by atoms with Crippen molar-refractivity contribution >= 4 is 20.8 Å². The maximum Gasteiger partial charge on any atom is 0.153 e. The zero-order chi connectivity index (χ0) is 18.3. The van der Waals surface area contributed by atoms with Gasteiger partial charge in [-0.25, -0.2) is 8.42 Å². The number of ether oxygens (including phenoxy) is 1. The molecule has 2 atom stereocenters. The lowest BCUT2D eigenvalue weighted by Gasteiger charge is -2.43. The van der Waals surface area contributed by atoms with E-state index in [-0.39, 0.29) is 23.6 Å². The minimum atomic E-state index is -3.00. The molecule has 0 unspecified atom stereocenters. The van der Waals surface area contributed by atoms with Gasteiger partial charge < -0.3 is 9.15 Å². The normalized spacial score (nSPS) is 26.4. The van der Waals surface area contributed by atoms with Crippen molar-refractivity contribution in [1.82, 2.24) is 9.80 Å². The first-order valence-electron chi connectivity index (χ1n) is 9.13. The third-order valence-corrected chi connectivity index (χ3v) is 7.48. The van der Waals surface area contributed by atoms with E-state index >= 15 is 0 Å². The van der Waals surface area contributed by atoms with Crippen LogP contribution in [0.4, 0.5) is 0 Å². The molecule has 7 heteroatoms.